The second kappa shape index (κ2) is 30.9. The molecule has 0 atom stereocenters. The Bertz CT molecular complexity index is 7340. The predicted octanol–water partition coefficient (Wildman–Crippen LogP) is 7.01. The van der Waals surface area contributed by atoms with E-state index in [1.54, 1.807) is 158 Å². The van der Waals surface area contributed by atoms with Crippen molar-refractivity contribution < 1.29 is 69.6 Å². The van der Waals surface area contributed by atoms with Gasteiger partial charge in [0, 0.05) is 156 Å². The molecule has 116 heavy (non-hydrogen) atoms. The molecule has 20 nitrogen and oxygen atoms in total. The van der Waals surface area contributed by atoms with Crippen molar-refractivity contribution in [2.75, 3.05) is 35.2 Å². The van der Waals surface area contributed by atoms with Gasteiger partial charge < -0.3 is 46.1 Å². The van der Waals surface area contributed by atoms with Crippen molar-refractivity contribution in [2.45, 2.75) is 75.7 Å². The molecule has 0 unspecified atom stereocenters. The smallest absolute Gasteiger partial charge is 0.443 e. The highest BCUT2D eigenvalue weighted by Crippen LogP contribution is 2.33. The van der Waals surface area contributed by atoms with E-state index in [2.05, 4.69) is 103 Å². The second-order valence-corrected chi connectivity index (χ2v) is 30.4. The molecular weight excluding hydrogens is 1440 g/mol. The van der Waals surface area contributed by atoms with Crippen LogP contribution in [0.1, 0.15) is 118 Å². The summed E-state index contributed by atoms with van der Waals surface area (Å²) in [6.07, 6.45) is 27.0. The number of fused-ring (bicyclic) bond motifs is 15. The van der Waals surface area contributed by atoms with E-state index in [0.29, 0.717) is 78.4 Å². The van der Waals surface area contributed by atoms with Crippen LogP contribution in [0.3, 0.4) is 0 Å². The molecular formula is C91H97B5N15O5+5. The van der Waals surface area contributed by atoms with Gasteiger partial charge in [0.25, 0.3) is 0 Å². The number of allylic oxidation sites excluding steroid dienone is 3. The number of hydrogen-bond donors (Lipinski definition) is 0. The summed E-state index contributed by atoms with van der Waals surface area (Å²) in [5.74, 6) is 0. The topological polar surface area (TPSA) is 166 Å². The van der Waals surface area contributed by atoms with Crippen molar-refractivity contribution >= 4 is 175 Å². The molecule has 576 valence electrons. The second-order valence-electron chi connectivity index (χ2n) is 30.4. The molecule has 25 heteroatoms. The monoisotopic (exact) mass is 1550 g/mol. The van der Waals surface area contributed by atoms with Gasteiger partial charge >= 0.3 is 34.2 Å². The zero-order valence-electron chi connectivity index (χ0n) is 85.3. The maximum Gasteiger partial charge on any atom is 0.443 e. The van der Waals surface area contributed by atoms with Crippen molar-refractivity contribution in [1.29, 1.82) is 0 Å². The molecule has 0 saturated carbocycles. The fourth-order valence-electron chi connectivity index (χ4n) is 16.2. The molecule has 20 heterocycles. The van der Waals surface area contributed by atoms with E-state index in [1.165, 1.54) is 11.2 Å². The van der Waals surface area contributed by atoms with Gasteiger partial charge in [0.15, 0.2) is 59.0 Å². The highest BCUT2D eigenvalue weighted by Gasteiger charge is 2.46. The summed E-state index contributed by atoms with van der Waals surface area (Å²) >= 11 is 0. The minimum absolute atomic E-state index is 0.0504. The molecule has 0 aliphatic carbocycles. The summed E-state index contributed by atoms with van der Waals surface area (Å²) in [4.78, 5) is 31.6. The van der Waals surface area contributed by atoms with Gasteiger partial charge in [-0.25, -0.2) is 47.8 Å². The Morgan fingerprint density at radius 2 is 0.707 bits per heavy atom. The lowest BCUT2D eigenvalue weighted by Gasteiger charge is -2.26. The van der Waals surface area contributed by atoms with Crippen molar-refractivity contribution in [1.82, 2.24) is 49.0 Å². The zero-order chi connectivity index (χ0) is 96.6. The third-order valence-corrected chi connectivity index (χ3v) is 22.0. The first-order chi connectivity index (χ1) is 62.9. The van der Waals surface area contributed by atoms with Gasteiger partial charge in [-0.15, -0.1) is 0 Å². The molecule has 20 rings (SSSR count). The van der Waals surface area contributed by atoms with Crippen LogP contribution in [-0.4, -0.2) is 118 Å². The summed E-state index contributed by atoms with van der Waals surface area (Å²) in [5, 5.41) is 4.09. The van der Waals surface area contributed by atoms with E-state index in [9.17, 15) is 0 Å². The van der Waals surface area contributed by atoms with E-state index in [1.807, 2.05) is 124 Å². The Morgan fingerprint density at radius 1 is 0.336 bits per heavy atom. The Balaban J connectivity index is 0.000000122. The average molecular weight is 1550 g/mol. The quantitative estimate of drug-likeness (QED) is 0.128. The fraction of sp³-hybridized carbons (Fsp3) is 0.231. The molecule has 15 aromatic rings. The molecule has 0 fully saturated rings. The minimum atomic E-state index is -2.33. The van der Waals surface area contributed by atoms with Gasteiger partial charge in [-0.3, -0.25) is 0 Å². The number of aryl methyl sites for hydroxylation is 13. The number of nitrogens with zero attached hydrogens (tertiary/aromatic N) is 15. The van der Waals surface area contributed by atoms with Crippen LogP contribution in [0.15, 0.2) is 218 Å². The first-order valence-corrected chi connectivity index (χ1v) is 37.9. The molecule has 15 aromatic heterocycles. The van der Waals surface area contributed by atoms with Gasteiger partial charge in [0.05, 0.1) is 0 Å². The minimum Gasteiger partial charge on any atom is -0.449 e. The average Bonchev–Trinajstić information content (AvgIpc) is 1.55. The summed E-state index contributed by atoms with van der Waals surface area (Å²) in [7, 11) is 19.0. The summed E-state index contributed by atoms with van der Waals surface area (Å²) < 4.78 is 181. The molecule has 0 bridgehead atoms. The molecule has 0 aromatic carbocycles. The molecule has 5 aliphatic heterocycles. The highest BCUT2D eigenvalue weighted by molar-refractivity contribution is 6.84. The summed E-state index contributed by atoms with van der Waals surface area (Å²) in [6, 6.07) is 36.0. The lowest BCUT2D eigenvalue weighted by atomic mass is 9.51. The van der Waals surface area contributed by atoms with Crippen molar-refractivity contribution in [3.63, 3.8) is 0 Å². The molecule has 0 spiro atoms. The summed E-state index contributed by atoms with van der Waals surface area (Å²) in [5.41, 5.74) is 20.9. The number of aromatic nitrogens is 10. The van der Waals surface area contributed by atoms with Gasteiger partial charge in [-0.2, -0.15) is 0 Å². The van der Waals surface area contributed by atoms with Crippen LogP contribution in [0.25, 0.3) is 84.4 Å². The molecule has 5 aliphatic rings. The van der Waals surface area contributed by atoms with Crippen LogP contribution >= 0.6 is 0 Å². The zero-order valence-corrected chi connectivity index (χ0v) is 67.3. The van der Waals surface area contributed by atoms with E-state index >= 15 is 0 Å². The number of pyridine rings is 10. The molecule has 0 saturated heterocycles. The van der Waals surface area contributed by atoms with Gasteiger partial charge in [-0.1, -0.05) is 0 Å². The third kappa shape index (κ3) is 14.1. The largest absolute Gasteiger partial charge is 0.449 e. The van der Waals surface area contributed by atoms with Gasteiger partial charge in [-0.05, 0) is 272 Å². The van der Waals surface area contributed by atoms with Crippen molar-refractivity contribution in [3.05, 3.63) is 268 Å². The van der Waals surface area contributed by atoms with Crippen LogP contribution in [0.4, 0.5) is 0 Å². The van der Waals surface area contributed by atoms with Crippen molar-refractivity contribution in [2.24, 2.45) is 35.2 Å². The third-order valence-electron chi connectivity index (χ3n) is 22.0. The highest BCUT2D eigenvalue weighted by atomic mass is 16.4. The predicted molar refractivity (Wildman–Crippen MR) is 469 cm³/mol. The first kappa shape index (κ1) is 58.1. The van der Waals surface area contributed by atoms with Crippen LogP contribution in [0.5, 0.6) is 0 Å². The molecule has 0 amide bonds. The van der Waals surface area contributed by atoms with Gasteiger partial charge in [0.1, 0.15) is 63.5 Å². The van der Waals surface area contributed by atoms with E-state index < -0.39 is 54.8 Å². The molecule has 0 N–H and O–H groups in total. The van der Waals surface area contributed by atoms with Crippen molar-refractivity contribution in [3.8, 4) is 0 Å². The summed E-state index contributed by atoms with van der Waals surface area (Å²) in [6.45, 7) is -4.80. The van der Waals surface area contributed by atoms with E-state index in [4.69, 9.17) is 46.8 Å². The Kier molecular flexibility index (Phi) is 15.5. The van der Waals surface area contributed by atoms with E-state index in [0.717, 1.165) is 83.6 Å². The van der Waals surface area contributed by atoms with Crippen LogP contribution < -0.4 is 79.1 Å². The Labute approximate surface area is 705 Å². The SMILES string of the molecule is Cc1cc[n+](C)c(B2c3oc4nc(C)ccc4c3C=CN2C)c1.[2H]C([2H])([2H])C1=CN(C)B(c2cc(C)c(C([2H])([2H])[2H])c[n+]2C)c2oc3ncccc3c21.[2H]C([2H])([2H])C1=CN(C)B(c2cc(C)cc[n+]2C)c2oc3ncccc3c21.[2H]C([2H])([2H])C1=CN(C)B(c2ccc(C([2H])([2H])[2H])c[n+]2C)c2oc3ncccc3c21.[2H]C([2H])([2H])c1ccc(B2c3oc4nc(C)ccc4c3C=CN2C)[n+](C)c1. The number of rotatable bonds is 5. The van der Waals surface area contributed by atoms with Crippen LogP contribution in [-0.2, 0) is 35.2 Å². The lowest BCUT2D eigenvalue weighted by molar-refractivity contribution is -0.654. The maximum absolute atomic E-state index is 8.01. The standard InChI is InChI=1S/C19H21BN3O.4C18H19BN3O/c1-12-9-16(22(4)10-13(12)2)20-18-17(14(3)11-23(20)5)15-7-6-8-21-19(15)24-18;1-12-5-8-16(21(3)11-12)19-17-14(9-10-22(19)4)15-7-6-13(2)20-18(15)23-17;1-12-7-9-21(3)16(11-12)19-17-14(8-10-22(19)4)15-6-5-13(2)20-18(15)23-17;1-12-7-8-15(21(3)10-12)19-17-16(13(2)11-22(19)4)14-6-5-9-20-18(14)23-17;1-12-7-9-21(3)15(10-12)19-17-16(13(2)11-22(19)4)14-6-5-8-20-18(14)23-17/h6-11H,1-5H3;4*5-11H,1-4H3/q5*+1/i2D3,3D3;1D3;;1D3,2D3;2D3. The normalized spacial score (nSPS) is 16.9. The van der Waals surface area contributed by atoms with E-state index in [-0.39, 0.29) is 48.4 Å². The fourth-order valence-corrected chi connectivity index (χ4v) is 16.2. The number of hydrogen-bond acceptors (Lipinski definition) is 15. The lowest BCUT2D eigenvalue weighted by Crippen LogP contribution is -2.65. The Morgan fingerprint density at radius 3 is 1.09 bits per heavy atom. The van der Waals surface area contributed by atoms with Crippen LogP contribution in [0.2, 0.25) is 0 Å². The first-order valence-electron chi connectivity index (χ1n) is 46.9. The molecule has 0 radical (unpaired) electrons. The Hall–Kier alpha value is -12.8. The van der Waals surface area contributed by atoms with Crippen LogP contribution in [0, 0.1) is 55.2 Å². The maximum atomic E-state index is 8.01. The number of furan rings is 5. The van der Waals surface area contributed by atoms with Gasteiger partial charge in [0.2, 0.25) is 28.6 Å².